The molecule has 0 saturated heterocycles. The number of hydrogen-bond donors (Lipinski definition) is 2. The van der Waals surface area contributed by atoms with Crippen molar-refractivity contribution in [1.82, 2.24) is 0 Å². The first-order valence-electron chi connectivity index (χ1n) is 6.04. The Morgan fingerprint density at radius 2 is 1.60 bits per heavy atom. The van der Waals surface area contributed by atoms with E-state index in [1.54, 1.807) is 30.3 Å². The smallest absolute Gasteiger partial charge is 0.269 e. The molecule has 0 spiro atoms. The third-order valence-corrected chi connectivity index (χ3v) is 3.95. The van der Waals surface area contributed by atoms with Crippen molar-refractivity contribution in [2.45, 2.75) is 24.5 Å². The molecular formula is C15H18O3S2. The Kier molecular flexibility index (Phi) is 6.26. The molecule has 0 bridgehead atoms. The van der Waals surface area contributed by atoms with Gasteiger partial charge in [-0.25, -0.2) is 0 Å². The lowest BCUT2D eigenvalue weighted by molar-refractivity contribution is 0.482. The average molecular weight is 310 g/mol. The molecule has 0 fully saturated rings. The minimum atomic E-state index is -3.88. The van der Waals surface area contributed by atoms with Gasteiger partial charge in [0.05, 0.1) is 0 Å². The largest absolute Gasteiger partial charge is 0.285 e. The van der Waals surface area contributed by atoms with Gasteiger partial charge in [0.25, 0.3) is 10.1 Å². The first-order valence-corrected chi connectivity index (χ1v) is 8.09. The SMILES string of the molecule is Cc1cccc(S)c1C.O=S(=O)(O)Cc1ccccc1. The highest BCUT2D eigenvalue weighted by molar-refractivity contribution is 7.85. The second-order valence-electron chi connectivity index (χ2n) is 4.43. The zero-order valence-electron chi connectivity index (χ0n) is 11.4. The van der Waals surface area contributed by atoms with E-state index in [4.69, 9.17) is 4.55 Å². The maximum absolute atomic E-state index is 10.4. The summed E-state index contributed by atoms with van der Waals surface area (Å²) in [4.78, 5) is 1.08. The van der Waals surface area contributed by atoms with Gasteiger partial charge in [0.15, 0.2) is 0 Å². The molecule has 2 aromatic carbocycles. The van der Waals surface area contributed by atoms with E-state index in [0.717, 1.165) is 4.90 Å². The Morgan fingerprint density at radius 3 is 2.05 bits per heavy atom. The summed E-state index contributed by atoms with van der Waals surface area (Å²) in [6, 6.07) is 14.6. The molecule has 2 aromatic rings. The van der Waals surface area contributed by atoms with Crippen molar-refractivity contribution in [3.05, 3.63) is 65.2 Å². The molecule has 0 aliphatic rings. The van der Waals surface area contributed by atoms with Crippen molar-refractivity contribution in [3.63, 3.8) is 0 Å². The van der Waals surface area contributed by atoms with Gasteiger partial charge in [0, 0.05) is 4.90 Å². The van der Waals surface area contributed by atoms with E-state index in [1.165, 1.54) is 11.1 Å². The zero-order valence-corrected chi connectivity index (χ0v) is 13.2. The predicted molar refractivity (Wildman–Crippen MR) is 84.9 cm³/mol. The van der Waals surface area contributed by atoms with Crippen molar-refractivity contribution < 1.29 is 13.0 Å². The van der Waals surface area contributed by atoms with Gasteiger partial charge in [-0.05, 0) is 36.6 Å². The van der Waals surface area contributed by atoms with Crippen LogP contribution in [0.15, 0.2) is 53.4 Å². The lowest BCUT2D eigenvalue weighted by atomic mass is 10.1. The second-order valence-corrected chi connectivity index (χ2v) is 6.37. The molecule has 0 unspecified atom stereocenters. The summed E-state index contributed by atoms with van der Waals surface area (Å²) in [6.07, 6.45) is 0. The topological polar surface area (TPSA) is 54.4 Å². The second kappa shape index (κ2) is 7.47. The van der Waals surface area contributed by atoms with Gasteiger partial charge in [0.1, 0.15) is 5.75 Å². The van der Waals surface area contributed by atoms with Crippen molar-refractivity contribution in [2.75, 3.05) is 0 Å². The van der Waals surface area contributed by atoms with Crippen LogP contribution in [0.5, 0.6) is 0 Å². The fraction of sp³-hybridized carbons (Fsp3) is 0.200. The average Bonchev–Trinajstić information content (AvgIpc) is 2.36. The standard InChI is InChI=1S/C8H10S.C7H8O3S/c1-6-4-3-5-8(9)7(6)2;8-11(9,10)6-7-4-2-1-3-5-7/h3-5,9H,1-2H3;1-5H,6H2,(H,8,9,10). The summed E-state index contributed by atoms with van der Waals surface area (Å²) in [5, 5.41) is 0. The molecule has 2 rings (SSSR count). The third kappa shape index (κ3) is 6.23. The predicted octanol–water partition coefficient (Wildman–Crippen LogP) is 3.67. The van der Waals surface area contributed by atoms with E-state index in [-0.39, 0.29) is 5.75 Å². The highest BCUT2D eigenvalue weighted by Gasteiger charge is 2.04. The van der Waals surface area contributed by atoms with Gasteiger partial charge < -0.3 is 0 Å². The van der Waals surface area contributed by atoms with Gasteiger partial charge in [-0.2, -0.15) is 8.42 Å². The highest BCUT2D eigenvalue weighted by Crippen LogP contribution is 2.15. The minimum Gasteiger partial charge on any atom is -0.285 e. The molecule has 5 heteroatoms. The van der Waals surface area contributed by atoms with Crippen LogP contribution in [0, 0.1) is 13.8 Å². The lowest BCUT2D eigenvalue weighted by Crippen LogP contribution is -2.00. The molecule has 0 aromatic heterocycles. The third-order valence-electron chi connectivity index (χ3n) is 2.77. The highest BCUT2D eigenvalue weighted by atomic mass is 32.2. The summed E-state index contributed by atoms with van der Waals surface area (Å²) in [6.45, 7) is 4.17. The molecule has 0 aliphatic heterocycles. The summed E-state index contributed by atoms with van der Waals surface area (Å²) in [5.41, 5.74) is 3.18. The van der Waals surface area contributed by atoms with E-state index in [0.29, 0.717) is 5.56 Å². The molecule has 0 amide bonds. The van der Waals surface area contributed by atoms with Crippen LogP contribution in [-0.2, 0) is 15.9 Å². The molecule has 0 radical (unpaired) electrons. The molecule has 108 valence electrons. The quantitative estimate of drug-likeness (QED) is 0.657. The van der Waals surface area contributed by atoms with Crippen LogP contribution >= 0.6 is 12.6 Å². The zero-order chi connectivity index (χ0) is 15.2. The molecule has 0 atom stereocenters. The minimum absolute atomic E-state index is 0.312. The Balaban J connectivity index is 0.000000204. The summed E-state index contributed by atoms with van der Waals surface area (Å²) in [7, 11) is -3.88. The van der Waals surface area contributed by atoms with Crippen LogP contribution in [0.3, 0.4) is 0 Å². The molecule has 20 heavy (non-hydrogen) atoms. The van der Waals surface area contributed by atoms with E-state index in [9.17, 15) is 8.42 Å². The number of aryl methyl sites for hydroxylation is 1. The van der Waals surface area contributed by atoms with Crippen molar-refractivity contribution in [2.24, 2.45) is 0 Å². The molecule has 1 N–H and O–H groups in total. The van der Waals surface area contributed by atoms with Gasteiger partial charge >= 0.3 is 0 Å². The maximum Gasteiger partial charge on any atom is 0.269 e. The van der Waals surface area contributed by atoms with Crippen LogP contribution in [0.1, 0.15) is 16.7 Å². The molecule has 3 nitrogen and oxygen atoms in total. The van der Waals surface area contributed by atoms with Gasteiger partial charge in [-0.3, -0.25) is 4.55 Å². The molecule has 0 aliphatic carbocycles. The van der Waals surface area contributed by atoms with Crippen molar-refractivity contribution in [3.8, 4) is 0 Å². The van der Waals surface area contributed by atoms with Crippen molar-refractivity contribution >= 4 is 22.7 Å². The normalized spacial score (nSPS) is 10.6. The number of benzene rings is 2. The molecular weight excluding hydrogens is 292 g/mol. The van der Waals surface area contributed by atoms with Crippen LogP contribution in [0.4, 0.5) is 0 Å². The van der Waals surface area contributed by atoms with E-state index < -0.39 is 10.1 Å². The molecule has 0 saturated carbocycles. The number of rotatable bonds is 2. The monoisotopic (exact) mass is 310 g/mol. The molecule has 0 heterocycles. The van der Waals surface area contributed by atoms with Crippen LogP contribution in [0.2, 0.25) is 0 Å². The van der Waals surface area contributed by atoms with Gasteiger partial charge in [-0.1, -0.05) is 42.5 Å². The van der Waals surface area contributed by atoms with Crippen molar-refractivity contribution in [1.29, 1.82) is 0 Å². The Labute approximate surface area is 125 Å². The summed E-state index contributed by atoms with van der Waals surface area (Å²) < 4.78 is 29.2. The number of thiol groups is 1. The first kappa shape index (κ1) is 16.8. The fourth-order valence-electron chi connectivity index (χ4n) is 1.52. The summed E-state index contributed by atoms with van der Waals surface area (Å²) >= 11 is 4.27. The van der Waals surface area contributed by atoms with Crippen LogP contribution < -0.4 is 0 Å². The number of hydrogen-bond acceptors (Lipinski definition) is 3. The van der Waals surface area contributed by atoms with Gasteiger partial charge in [-0.15, -0.1) is 12.6 Å². The first-order chi connectivity index (χ1) is 9.29. The van der Waals surface area contributed by atoms with Crippen LogP contribution in [-0.4, -0.2) is 13.0 Å². The van der Waals surface area contributed by atoms with Gasteiger partial charge in [0.2, 0.25) is 0 Å². The Hall–Kier alpha value is -1.30. The van der Waals surface area contributed by atoms with E-state index >= 15 is 0 Å². The van der Waals surface area contributed by atoms with E-state index in [1.807, 2.05) is 12.1 Å². The lowest BCUT2D eigenvalue weighted by Gasteiger charge is -2.00. The Bertz CT molecular complexity index is 630. The summed E-state index contributed by atoms with van der Waals surface area (Å²) in [5.74, 6) is -0.312. The Morgan fingerprint density at radius 1 is 1.00 bits per heavy atom. The van der Waals surface area contributed by atoms with Crippen LogP contribution in [0.25, 0.3) is 0 Å². The maximum atomic E-state index is 10.4. The van der Waals surface area contributed by atoms with E-state index in [2.05, 4.69) is 32.5 Å². The fourth-order valence-corrected chi connectivity index (χ4v) is 2.40.